The van der Waals surface area contributed by atoms with Gasteiger partial charge in [-0.1, -0.05) is 11.8 Å². The number of nitrogens with one attached hydrogen (secondary N) is 2. The Morgan fingerprint density at radius 1 is 1.17 bits per heavy atom. The minimum atomic E-state index is -0.338. The van der Waals surface area contributed by atoms with Gasteiger partial charge in [-0.3, -0.25) is 10.1 Å². The summed E-state index contributed by atoms with van der Waals surface area (Å²) in [4.78, 5) is 24.7. The zero-order valence-electron chi connectivity index (χ0n) is 17.2. The monoisotopic (exact) mass is 434 g/mol. The number of hydrogen-bond acceptors (Lipinski definition) is 7. The molecule has 4 aliphatic carbocycles. The van der Waals surface area contributed by atoms with Crippen LogP contribution >= 0.6 is 11.8 Å². The van der Waals surface area contributed by atoms with Crippen molar-refractivity contribution in [3.63, 3.8) is 0 Å². The highest BCUT2D eigenvalue weighted by molar-refractivity contribution is 7.99. The van der Waals surface area contributed by atoms with E-state index in [1.54, 1.807) is 4.68 Å². The Balaban J connectivity index is 1.06. The highest BCUT2D eigenvalue weighted by Gasteiger charge is 2.51. The Hall–Kier alpha value is -1.68. The molecule has 4 bridgehead atoms. The lowest BCUT2D eigenvalue weighted by molar-refractivity contribution is -0.119. The largest absolute Gasteiger partial charge is 0.376 e. The van der Waals surface area contributed by atoms with Crippen LogP contribution in [0.4, 0.5) is 4.79 Å². The second kappa shape index (κ2) is 8.45. The lowest BCUT2D eigenvalue weighted by atomic mass is 9.53. The highest BCUT2D eigenvalue weighted by atomic mass is 32.2. The maximum absolute atomic E-state index is 12.5. The predicted molar refractivity (Wildman–Crippen MR) is 110 cm³/mol. The van der Waals surface area contributed by atoms with Crippen LogP contribution in [-0.4, -0.2) is 56.1 Å². The van der Waals surface area contributed by atoms with E-state index >= 15 is 0 Å². The number of amides is 3. The molecule has 1 aliphatic heterocycles. The van der Waals surface area contributed by atoms with Crippen LogP contribution < -0.4 is 10.6 Å². The standard InChI is InChI=1S/C20H30N6O3S/c27-17(3-5-30-19-23-24-25-26(19)12-16-2-1-4-29-16)21-18(28)22-20-9-13-6-14(10-20)8-15(7-13)11-20/h13-16H,1-12H2,(H2,21,22,27,28)/t13?,14?,15?,16-,20?/m0/s1. The van der Waals surface area contributed by atoms with E-state index in [4.69, 9.17) is 4.74 Å². The van der Waals surface area contributed by atoms with Crippen molar-refractivity contribution in [2.45, 2.75) is 81.1 Å². The Bertz CT molecular complexity index is 758. The summed E-state index contributed by atoms with van der Waals surface area (Å²) >= 11 is 1.43. The fourth-order valence-corrected chi connectivity index (χ4v) is 7.18. The van der Waals surface area contributed by atoms with Gasteiger partial charge in [-0.2, -0.15) is 0 Å². The molecule has 1 atom stereocenters. The van der Waals surface area contributed by atoms with Gasteiger partial charge in [0, 0.05) is 24.3 Å². The number of hydrogen-bond donors (Lipinski definition) is 2. The zero-order valence-corrected chi connectivity index (χ0v) is 18.0. The molecule has 1 aromatic rings. The summed E-state index contributed by atoms with van der Waals surface area (Å²) in [5, 5.41) is 18.2. The molecule has 1 saturated heterocycles. The molecular weight excluding hydrogens is 404 g/mol. The van der Waals surface area contributed by atoms with Crippen molar-refractivity contribution in [2.24, 2.45) is 17.8 Å². The molecule has 5 aliphatic rings. The summed E-state index contributed by atoms with van der Waals surface area (Å²) in [5.41, 5.74) is -0.0851. The quantitative estimate of drug-likeness (QED) is 0.632. The summed E-state index contributed by atoms with van der Waals surface area (Å²) in [5.74, 6) is 2.52. The average molecular weight is 435 g/mol. The van der Waals surface area contributed by atoms with Crippen LogP contribution in [0.15, 0.2) is 5.16 Å². The first-order valence-electron chi connectivity index (χ1n) is 11.2. The number of imide groups is 1. The van der Waals surface area contributed by atoms with Crippen molar-refractivity contribution in [3.8, 4) is 0 Å². The number of rotatable bonds is 7. The number of urea groups is 1. The van der Waals surface area contributed by atoms with E-state index < -0.39 is 0 Å². The summed E-state index contributed by atoms with van der Waals surface area (Å²) in [7, 11) is 0. The number of aromatic nitrogens is 4. The molecule has 1 aromatic heterocycles. The van der Waals surface area contributed by atoms with Gasteiger partial charge in [-0.25, -0.2) is 9.48 Å². The number of ether oxygens (including phenoxy) is 1. The molecule has 4 saturated carbocycles. The van der Waals surface area contributed by atoms with Gasteiger partial charge in [-0.05, 0) is 79.5 Å². The van der Waals surface area contributed by atoms with Gasteiger partial charge in [0.25, 0.3) is 0 Å². The van der Waals surface area contributed by atoms with E-state index in [0.29, 0.717) is 17.5 Å². The molecule has 6 rings (SSSR count). The second-order valence-electron chi connectivity index (χ2n) is 9.58. The summed E-state index contributed by atoms with van der Waals surface area (Å²) in [6.45, 7) is 1.43. The number of carbonyl (C=O) groups excluding carboxylic acids is 2. The molecule has 164 valence electrons. The first-order valence-corrected chi connectivity index (χ1v) is 12.2. The van der Waals surface area contributed by atoms with Gasteiger partial charge >= 0.3 is 6.03 Å². The van der Waals surface area contributed by atoms with Gasteiger partial charge in [-0.15, -0.1) is 5.10 Å². The normalized spacial score (nSPS) is 34.3. The van der Waals surface area contributed by atoms with Crippen LogP contribution in [0, 0.1) is 17.8 Å². The molecule has 0 unspecified atom stereocenters. The van der Waals surface area contributed by atoms with Gasteiger partial charge in [0.15, 0.2) is 0 Å². The van der Waals surface area contributed by atoms with Crippen molar-refractivity contribution < 1.29 is 14.3 Å². The lowest BCUT2D eigenvalue weighted by Crippen LogP contribution is -2.61. The molecule has 3 amide bonds. The Labute approximate surface area is 180 Å². The fourth-order valence-electron chi connectivity index (χ4n) is 6.36. The molecule has 2 N–H and O–H groups in total. The number of tetrazole rings is 1. The second-order valence-corrected chi connectivity index (χ2v) is 10.6. The summed E-state index contributed by atoms with van der Waals surface area (Å²) in [6.07, 6.45) is 9.68. The molecule has 9 nitrogen and oxygen atoms in total. The molecule has 0 aromatic carbocycles. The maximum Gasteiger partial charge on any atom is 0.321 e. The lowest BCUT2D eigenvalue weighted by Gasteiger charge is -2.56. The molecular formula is C20H30N6O3S. The molecule has 2 heterocycles. The Morgan fingerprint density at radius 2 is 1.90 bits per heavy atom. The molecule has 10 heteroatoms. The van der Waals surface area contributed by atoms with Gasteiger partial charge in [0.05, 0.1) is 12.6 Å². The molecule has 0 spiro atoms. The third-order valence-electron chi connectivity index (χ3n) is 7.13. The topological polar surface area (TPSA) is 111 Å². The van der Waals surface area contributed by atoms with Crippen molar-refractivity contribution in [2.75, 3.05) is 12.4 Å². The van der Waals surface area contributed by atoms with Crippen molar-refractivity contribution in [1.29, 1.82) is 0 Å². The number of carbonyl (C=O) groups is 2. The van der Waals surface area contributed by atoms with E-state index in [0.717, 1.165) is 56.5 Å². The molecule has 0 radical (unpaired) electrons. The van der Waals surface area contributed by atoms with Crippen LogP contribution in [0.25, 0.3) is 0 Å². The van der Waals surface area contributed by atoms with E-state index in [-0.39, 0.29) is 30.0 Å². The number of thioether (sulfide) groups is 1. The van der Waals surface area contributed by atoms with Crippen LogP contribution in [0.2, 0.25) is 0 Å². The van der Waals surface area contributed by atoms with Crippen molar-refractivity contribution in [3.05, 3.63) is 0 Å². The highest BCUT2D eigenvalue weighted by Crippen LogP contribution is 2.55. The minimum absolute atomic E-state index is 0.0851. The first-order chi connectivity index (χ1) is 14.6. The van der Waals surface area contributed by atoms with Gasteiger partial charge in [0.2, 0.25) is 11.1 Å². The van der Waals surface area contributed by atoms with Gasteiger partial charge < -0.3 is 10.1 Å². The SMILES string of the molecule is O=C(CCSc1nnnn1C[C@@H]1CCCO1)NC(=O)NC12CC3CC(CC(C3)C1)C2. The average Bonchev–Trinajstić information content (AvgIpc) is 3.32. The Morgan fingerprint density at radius 3 is 2.57 bits per heavy atom. The smallest absolute Gasteiger partial charge is 0.321 e. The van der Waals surface area contributed by atoms with E-state index in [2.05, 4.69) is 26.2 Å². The third-order valence-corrected chi connectivity index (χ3v) is 8.09. The summed E-state index contributed by atoms with van der Waals surface area (Å²) in [6, 6.07) is -0.338. The first kappa shape index (κ1) is 20.2. The van der Waals surface area contributed by atoms with E-state index in [1.807, 2.05) is 0 Å². The van der Waals surface area contributed by atoms with Crippen LogP contribution in [-0.2, 0) is 16.1 Å². The van der Waals surface area contributed by atoms with Gasteiger partial charge in [0.1, 0.15) is 0 Å². The van der Waals surface area contributed by atoms with Crippen molar-refractivity contribution >= 4 is 23.7 Å². The Kier molecular flexibility index (Phi) is 5.70. The van der Waals surface area contributed by atoms with E-state index in [9.17, 15) is 9.59 Å². The van der Waals surface area contributed by atoms with Crippen molar-refractivity contribution in [1.82, 2.24) is 30.8 Å². The van der Waals surface area contributed by atoms with E-state index in [1.165, 1.54) is 31.0 Å². The fraction of sp³-hybridized carbons (Fsp3) is 0.850. The maximum atomic E-state index is 12.5. The molecule has 30 heavy (non-hydrogen) atoms. The number of nitrogens with zero attached hydrogens (tertiary/aromatic N) is 4. The predicted octanol–water partition coefficient (Wildman–Crippen LogP) is 2.13. The summed E-state index contributed by atoms with van der Waals surface area (Å²) < 4.78 is 7.37. The zero-order chi connectivity index (χ0) is 20.6. The third kappa shape index (κ3) is 4.49. The van der Waals surface area contributed by atoms with Crippen LogP contribution in [0.5, 0.6) is 0 Å². The van der Waals surface area contributed by atoms with Crippen LogP contribution in [0.1, 0.15) is 57.8 Å². The molecule has 5 fully saturated rings. The minimum Gasteiger partial charge on any atom is -0.376 e. The van der Waals surface area contributed by atoms with Crippen LogP contribution in [0.3, 0.4) is 0 Å².